The number of aliphatic imine (C=N–C) groups is 1. The van der Waals surface area contributed by atoms with Gasteiger partial charge in [0.25, 0.3) is 5.91 Å². The first kappa shape index (κ1) is 18.8. The monoisotopic (exact) mass is 383 g/mol. The summed E-state index contributed by atoms with van der Waals surface area (Å²) in [6, 6.07) is 7.46. The molecule has 1 aromatic rings. The first-order valence-corrected chi connectivity index (χ1v) is 10.3. The Morgan fingerprint density at radius 3 is 2.50 bits per heavy atom. The lowest BCUT2D eigenvalue weighted by atomic mass is 9.96. The Balaban J connectivity index is 1.38. The quantitative estimate of drug-likeness (QED) is 0.413. The van der Waals surface area contributed by atoms with Crippen LogP contribution in [0.1, 0.15) is 57.4 Å². The van der Waals surface area contributed by atoms with E-state index in [1.807, 2.05) is 19.1 Å². The van der Waals surface area contributed by atoms with Gasteiger partial charge in [-0.05, 0) is 56.2 Å². The second kappa shape index (κ2) is 7.45. The molecule has 0 radical (unpaired) electrons. The summed E-state index contributed by atoms with van der Waals surface area (Å²) >= 11 is 0. The highest BCUT2D eigenvalue weighted by molar-refractivity contribution is 6.23. The lowest BCUT2D eigenvalue weighted by Crippen LogP contribution is -2.46. The smallest absolute Gasteiger partial charge is 0.329 e. The molecule has 28 heavy (non-hydrogen) atoms. The molecule has 7 nitrogen and oxygen atoms in total. The molecule has 1 heterocycles. The molecule has 0 aromatic heterocycles. The number of carbonyl (C=O) groups excluding carboxylic acids is 2. The molecule has 3 amide bonds. The lowest BCUT2D eigenvalue weighted by molar-refractivity contribution is -0.122. The highest BCUT2D eigenvalue weighted by Gasteiger charge is 2.56. The molecule has 3 aliphatic rings. The van der Waals surface area contributed by atoms with Crippen LogP contribution in [0.4, 0.5) is 10.5 Å². The van der Waals surface area contributed by atoms with Crippen molar-refractivity contribution in [2.24, 2.45) is 16.6 Å². The van der Waals surface area contributed by atoms with Crippen LogP contribution in [-0.2, 0) is 11.3 Å². The van der Waals surface area contributed by atoms with Crippen molar-refractivity contribution in [2.45, 2.75) is 70.0 Å². The summed E-state index contributed by atoms with van der Waals surface area (Å²) < 4.78 is 0. The molecule has 3 fully saturated rings. The Kier molecular flexibility index (Phi) is 5.00. The van der Waals surface area contributed by atoms with Crippen molar-refractivity contribution in [3.63, 3.8) is 0 Å². The number of hydrogen-bond acceptors (Lipinski definition) is 3. The molecule has 7 heteroatoms. The van der Waals surface area contributed by atoms with E-state index in [0.717, 1.165) is 31.2 Å². The molecular formula is C21H29N5O2. The second-order valence-electron chi connectivity index (χ2n) is 8.39. The van der Waals surface area contributed by atoms with Crippen LogP contribution in [0.3, 0.4) is 0 Å². The Morgan fingerprint density at radius 2 is 1.86 bits per heavy atom. The fourth-order valence-corrected chi connectivity index (χ4v) is 4.26. The predicted molar refractivity (Wildman–Crippen MR) is 109 cm³/mol. The van der Waals surface area contributed by atoms with Crippen LogP contribution < -0.4 is 21.3 Å². The van der Waals surface area contributed by atoms with Gasteiger partial charge in [-0.25, -0.2) is 14.7 Å². The summed E-state index contributed by atoms with van der Waals surface area (Å²) in [7, 11) is 0. The Morgan fingerprint density at radius 1 is 1.18 bits per heavy atom. The van der Waals surface area contributed by atoms with E-state index >= 15 is 0 Å². The van der Waals surface area contributed by atoms with Crippen molar-refractivity contribution in [3.05, 3.63) is 29.8 Å². The summed E-state index contributed by atoms with van der Waals surface area (Å²) in [5.74, 6) is 0.569. The summed E-state index contributed by atoms with van der Waals surface area (Å²) in [5, 5.41) is 6.18. The number of hydrogen-bond donors (Lipinski definition) is 3. The van der Waals surface area contributed by atoms with Crippen molar-refractivity contribution >= 4 is 23.6 Å². The van der Waals surface area contributed by atoms with E-state index in [0.29, 0.717) is 24.2 Å². The predicted octanol–water partition coefficient (Wildman–Crippen LogP) is 2.65. The number of rotatable bonds is 5. The van der Waals surface area contributed by atoms with Gasteiger partial charge in [0.2, 0.25) is 0 Å². The SMILES string of the molecule is CC1(C2CC2)NC(=O)N(c2ccc(CN=C(N)NC3CCCCC3)cc2)C1=O. The van der Waals surface area contributed by atoms with Crippen LogP contribution in [0.2, 0.25) is 0 Å². The van der Waals surface area contributed by atoms with Crippen molar-refractivity contribution in [1.29, 1.82) is 0 Å². The number of nitrogens with one attached hydrogen (secondary N) is 2. The molecule has 2 aliphatic carbocycles. The van der Waals surface area contributed by atoms with Gasteiger partial charge in [0.05, 0.1) is 12.2 Å². The number of amides is 3. The zero-order chi connectivity index (χ0) is 19.7. The first-order chi connectivity index (χ1) is 13.5. The van der Waals surface area contributed by atoms with E-state index in [1.54, 1.807) is 12.1 Å². The molecule has 2 saturated carbocycles. The third-order valence-corrected chi connectivity index (χ3v) is 6.19. The third kappa shape index (κ3) is 3.70. The van der Waals surface area contributed by atoms with Gasteiger partial charge >= 0.3 is 6.03 Å². The zero-order valence-electron chi connectivity index (χ0n) is 16.4. The summed E-state index contributed by atoms with van der Waals surface area (Å²) in [5.41, 5.74) is 6.82. The number of urea groups is 1. The maximum absolute atomic E-state index is 12.8. The maximum Gasteiger partial charge on any atom is 0.329 e. The van der Waals surface area contributed by atoms with Crippen LogP contribution in [-0.4, -0.2) is 29.5 Å². The molecule has 1 unspecified atom stereocenters. The molecule has 1 aliphatic heterocycles. The van der Waals surface area contributed by atoms with E-state index in [1.165, 1.54) is 24.2 Å². The maximum atomic E-state index is 12.8. The zero-order valence-corrected chi connectivity index (χ0v) is 16.4. The minimum Gasteiger partial charge on any atom is -0.370 e. The molecule has 150 valence electrons. The van der Waals surface area contributed by atoms with E-state index in [-0.39, 0.29) is 17.9 Å². The van der Waals surface area contributed by atoms with Gasteiger partial charge in [0.1, 0.15) is 5.54 Å². The van der Waals surface area contributed by atoms with Crippen molar-refractivity contribution < 1.29 is 9.59 Å². The summed E-state index contributed by atoms with van der Waals surface area (Å²) in [6.45, 7) is 2.29. The lowest BCUT2D eigenvalue weighted by Gasteiger charge is -2.23. The number of guanidine groups is 1. The average Bonchev–Trinajstić information content (AvgIpc) is 3.51. The molecule has 0 bridgehead atoms. The third-order valence-electron chi connectivity index (χ3n) is 6.19. The standard InChI is InChI=1S/C21H29N5O2/c1-21(15-9-10-15)18(27)26(20(28)25-21)17-11-7-14(8-12-17)13-23-19(22)24-16-5-3-2-4-6-16/h7-8,11-12,15-16H,2-6,9-10,13H2,1H3,(H,25,28)(H3,22,23,24). The van der Waals surface area contributed by atoms with Crippen LogP contribution in [0.5, 0.6) is 0 Å². The Labute approximate surface area is 165 Å². The van der Waals surface area contributed by atoms with Gasteiger partial charge in [0, 0.05) is 6.04 Å². The van der Waals surface area contributed by atoms with Gasteiger partial charge in [-0.1, -0.05) is 31.4 Å². The van der Waals surface area contributed by atoms with Crippen molar-refractivity contribution in [2.75, 3.05) is 4.90 Å². The summed E-state index contributed by atoms with van der Waals surface area (Å²) in [6.07, 6.45) is 8.07. The van der Waals surface area contributed by atoms with Crippen molar-refractivity contribution in [1.82, 2.24) is 10.6 Å². The molecule has 1 saturated heterocycles. The molecule has 4 rings (SSSR count). The number of benzene rings is 1. The van der Waals surface area contributed by atoms with Gasteiger partial charge in [0.15, 0.2) is 5.96 Å². The minimum atomic E-state index is -0.765. The topological polar surface area (TPSA) is 99.8 Å². The second-order valence-corrected chi connectivity index (χ2v) is 8.39. The highest BCUT2D eigenvalue weighted by atomic mass is 16.2. The van der Waals surface area contributed by atoms with E-state index in [2.05, 4.69) is 15.6 Å². The normalized spacial score (nSPS) is 26.5. The minimum absolute atomic E-state index is 0.160. The van der Waals surface area contributed by atoms with Gasteiger partial charge in [-0.2, -0.15) is 0 Å². The Hall–Kier alpha value is -2.57. The van der Waals surface area contributed by atoms with Crippen molar-refractivity contribution in [3.8, 4) is 0 Å². The average molecular weight is 383 g/mol. The number of imide groups is 1. The first-order valence-electron chi connectivity index (χ1n) is 10.3. The fourth-order valence-electron chi connectivity index (χ4n) is 4.26. The molecule has 4 N–H and O–H groups in total. The largest absolute Gasteiger partial charge is 0.370 e. The van der Waals surface area contributed by atoms with Crippen LogP contribution in [0.15, 0.2) is 29.3 Å². The van der Waals surface area contributed by atoms with Gasteiger partial charge < -0.3 is 16.4 Å². The highest BCUT2D eigenvalue weighted by Crippen LogP contribution is 2.43. The van der Waals surface area contributed by atoms with Crippen LogP contribution in [0.25, 0.3) is 0 Å². The van der Waals surface area contributed by atoms with E-state index in [4.69, 9.17) is 5.73 Å². The molecular weight excluding hydrogens is 354 g/mol. The van der Waals surface area contributed by atoms with Gasteiger partial charge in [-0.15, -0.1) is 0 Å². The molecule has 1 aromatic carbocycles. The van der Waals surface area contributed by atoms with Crippen LogP contribution >= 0.6 is 0 Å². The molecule has 1 atom stereocenters. The number of anilines is 1. The van der Waals surface area contributed by atoms with E-state index < -0.39 is 5.54 Å². The number of nitrogens with two attached hydrogens (primary N) is 1. The fraction of sp³-hybridized carbons (Fsp3) is 0.571. The summed E-state index contributed by atoms with van der Waals surface area (Å²) in [4.78, 5) is 30.9. The number of carbonyl (C=O) groups is 2. The Bertz CT molecular complexity index is 780. The van der Waals surface area contributed by atoms with Gasteiger partial charge in [-0.3, -0.25) is 4.79 Å². The molecule has 0 spiro atoms. The van der Waals surface area contributed by atoms with Crippen LogP contribution in [0, 0.1) is 5.92 Å². The van der Waals surface area contributed by atoms with E-state index in [9.17, 15) is 9.59 Å². The number of nitrogens with zero attached hydrogens (tertiary/aromatic N) is 2.